The maximum Gasteiger partial charge on any atom is 0.335 e. The van der Waals surface area contributed by atoms with Crippen molar-refractivity contribution in [2.24, 2.45) is 0 Å². The minimum atomic E-state index is -0.950. The Labute approximate surface area is 112 Å². The topological polar surface area (TPSA) is 62.2 Å². The van der Waals surface area contributed by atoms with Crippen LogP contribution in [0.5, 0.6) is 0 Å². The van der Waals surface area contributed by atoms with Crippen LogP contribution < -0.4 is 5.32 Å². The summed E-state index contributed by atoms with van der Waals surface area (Å²) in [6, 6.07) is 9.16. The Kier molecular flexibility index (Phi) is 3.51. The number of nitrogens with zero attached hydrogens (tertiary/aromatic N) is 1. The van der Waals surface area contributed by atoms with E-state index in [0.717, 1.165) is 16.8 Å². The van der Waals surface area contributed by atoms with E-state index in [1.807, 2.05) is 32.0 Å². The molecule has 0 amide bonds. The van der Waals surface area contributed by atoms with Gasteiger partial charge >= 0.3 is 5.97 Å². The third-order valence-corrected chi connectivity index (χ3v) is 2.86. The standard InChI is InChI=1S/C15H16N2O2/c1-9-4-5-10(2)13(6-9)17-14-8-12(15(18)19)7-11(3)16-14/h4-8H,1-3H3,(H,16,17)(H,18,19). The van der Waals surface area contributed by atoms with Gasteiger partial charge in [0.1, 0.15) is 5.82 Å². The molecule has 1 aromatic heterocycles. The van der Waals surface area contributed by atoms with E-state index in [-0.39, 0.29) is 5.56 Å². The second-order valence-electron chi connectivity index (χ2n) is 4.63. The van der Waals surface area contributed by atoms with Gasteiger partial charge in [0, 0.05) is 11.4 Å². The SMILES string of the molecule is Cc1ccc(C)c(Nc2cc(C(=O)O)cc(C)n2)c1. The molecule has 1 heterocycles. The molecule has 0 saturated carbocycles. The van der Waals surface area contributed by atoms with Gasteiger partial charge in [-0.1, -0.05) is 12.1 Å². The molecule has 98 valence electrons. The van der Waals surface area contributed by atoms with Crippen LogP contribution in [0.25, 0.3) is 0 Å². The van der Waals surface area contributed by atoms with E-state index >= 15 is 0 Å². The lowest BCUT2D eigenvalue weighted by Crippen LogP contribution is -2.02. The van der Waals surface area contributed by atoms with Gasteiger partial charge in [0.15, 0.2) is 0 Å². The van der Waals surface area contributed by atoms with Gasteiger partial charge in [-0.15, -0.1) is 0 Å². The summed E-state index contributed by atoms with van der Waals surface area (Å²) in [7, 11) is 0. The van der Waals surface area contributed by atoms with Crippen LogP contribution in [0.4, 0.5) is 11.5 Å². The van der Waals surface area contributed by atoms with E-state index in [9.17, 15) is 4.79 Å². The smallest absolute Gasteiger partial charge is 0.335 e. The van der Waals surface area contributed by atoms with Crippen LogP contribution in [0.2, 0.25) is 0 Å². The molecule has 1 aromatic carbocycles. The first-order valence-electron chi connectivity index (χ1n) is 6.02. The molecular formula is C15H16N2O2. The quantitative estimate of drug-likeness (QED) is 0.883. The highest BCUT2D eigenvalue weighted by Crippen LogP contribution is 2.21. The van der Waals surface area contributed by atoms with Gasteiger partial charge in [0.25, 0.3) is 0 Å². The van der Waals surface area contributed by atoms with E-state index in [0.29, 0.717) is 11.5 Å². The van der Waals surface area contributed by atoms with E-state index in [2.05, 4.69) is 10.3 Å². The first-order chi connectivity index (χ1) is 8.95. The molecule has 0 spiro atoms. The van der Waals surface area contributed by atoms with Gasteiger partial charge in [-0.3, -0.25) is 0 Å². The molecule has 0 aliphatic heterocycles. The van der Waals surface area contributed by atoms with Crippen LogP contribution in [-0.4, -0.2) is 16.1 Å². The van der Waals surface area contributed by atoms with E-state index < -0.39 is 5.97 Å². The Morgan fingerprint density at radius 1 is 1.16 bits per heavy atom. The minimum Gasteiger partial charge on any atom is -0.478 e. The van der Waals surface area contributed by atoms with Crippen molar-refractivity contribution in [2.75, 3.05) is 5.32 Å². The summed E-state index contributed by atoms with van der Waals surface area (Å²) < 4.78 is 0. The van der Waals surface area contributed by atoms with Crippen molar-refractivity contribution in [1.29, 1.82) is 0 Å². The Morgan fingerprint density at radius 3 is 2.58 bits per heavy atom. The predicted octanol–water partition coefficient (Wildman–Crippen LogP) is 3.45. The van der Waals surface area contributed by atoms with Crippen molar-refractivity contribution in [2.45, 2.75) is 20.8 Å². The number of benzene rings is 1. The van der Waals surface area contributed by atoms with Crippen molar-refractivity contribution in [3.63, 3.8) is 0 Å². The largest absolute Gasteiger partial charge is 0.478 e. The van der Waals surface area contributed by atoms with Gasteiger partial charge in [-0.25, -0.2) is 9.78 Å². The fraction of sp³-hybridized carbons (Fsp3) is 0.200. The first kappa shape index (κ1) is 13.1. The van der Waals surface area contributed by atoms with Crippen molar-refractivity contribution in [1.82, 2.24) is 4.98 Å². The lowest BCUT2D eigenvalue weighted by molar-refractivity contribution is 0.0696. The maximum atomic E-state index is 11.0. The summed E-state index contributed by atoms with van der Waals surface area (Å²) in [5, 5.41) is 12.2. The van der Waals surface area contributed by atoms with Gasteiger partial charge < -0.3 is 10.4 Å². The molecule has 2 N–H and O–H groups in total. The predicted molar refractivity (Wildman–Crippen MR) is 75.1 cm³/mol. The minimum absolute atomic E-state index is 0.236. The zero-order valence-corrected chi connectivity index (χ0v) is 11.2. The summed E-state index contributed by atoms with van der Waals surface area (Å²) in [6.07, 6.45) is 0. The number of carboxylic acid groups (broad SMARTS) is 1. The Hall–Kier alpha value is -2.36. The van der Waals surface area contributed by atoms with Crippen molar-refractivity contribution in [3.05, 3.63) is 52.7 Å². The molecule has 0 bridgehead atoms. The van der Waals surface area contributed by atoms with Crippen LogP contribution >= 0.6 is 0 Å². The molecule has 0 aliphatic carbocycles. The zero-order chi connectivity index (χ0) is 14.0. The third-order valence-electron chi connectivity index (χ3n) is 2.86. The molecule has 2 aromatic rings. The number of hydrogen-bond acceptors (Lipinski definition) is 3. The van der Waals surface area contributed by atoms with Crippen LogP contribution in [0.15, 0.2) is 30.3 Å². The van der Waals surface area contributed by atoms with Gasteiger partial charge in [0.2, 0.25) is 0 Å². The summed E-state index contributed by atoms with van der Waals surface area (Å²) in [5.41, 5.74) is 4.08. The van der Waals surface area contributed by atoms with E-state index in [1.165, 1.54) is 6.07 Å². The molecule has 19 heavy (non-hydrogen) atoms. The normalized spacial score (nSPS) is 10.3. The number of carboxylic acids is 1. The second-order valence-corrected chi connectivity index (χ2v) is 4.63. The number of anilines is 2. The number of nitrogens with one attached hydrogen (secondary N) is 1. The highest BCUT2D eigenvalue weighted by molar-refractivity contribution is 5.88. The van der Waals surface area contributed by atoms with E-state index in [1.54, 1.807) is 13.0 Å². The maximum absolute atomic E-state index is 11.0. The number of hydrogen-bond donors (Lipinski definition) is 2. The number of aromatic nitrogens is 1. The first-order valence-corrected chi connectivity index (χ1v) is 6.02. The van der Waals surface area contributed by atoms with Gasteiger partial charge in [-0.05, 0) is 50.1 Å². The summed E-state index contributed by atoms with van der Waals surface area (Å²) in [4.78, 5) is 15.3. The number of rotatable bonds is 3. The monoisotopic (exact) mass is 256 g/mol. The van der Waals surface area contributed by atoms with E-state index in [4.69, 9.17) is 5.11 Å². The molecular weight excluding hydrogens is 240 g/mol. The average Bonchev–Trinajstić information content (AvgIpc) is 2.33. The number of carbonyl (C=O) groups is 1. The van der Waals surface area contributed by atoms with Crippen molar-refractivity contribution >= 4 is 17.5 Å². The Morgan fingerprint density at radius 2 is 1.89 bits per heavy atom. The highest BCUT2D eigenvalue weighted by atomic mass is 16.4. The third kappa shape index (κ3) is 3.10. The number of aryl methyl sites for hydroxylation is 3. The van der Waals surface area contributed by atoms with Gasteiger partial charge in [-0.2, -0.15) is 0 Å². The Bertz CT molecular complexity index is 636. The highest BCUT2D eigenvalue weighted by Gasteiger charge is 2.07. The van der Waals surface area contributed by atoms with Gasteiger partial charge in [0.05, 0.1) is 5.56 Å². The summed E-state index contributed by atoms with van der Waals surface area (Å²) in [6.45, 7) is 5.79. The van der Waals surface area contributed by atoms with Crippen LogP contribution in [0.1, 0.15) is 27.2 Å². The number of pyridine rings is 1. The van der Waals surface area contributed by atoms with Crippen LogP contribution in [0.3, 0.4) is 0 Å². The fourth-order valence-electron chi connectivity index (χ4n) is 1.86. The summed E-state index contributed by atoms with van der Waals surface area (Å²) in [5.74, 6) is -0.402. The molecule has 4 nitrogen and oxygen atoms in total. The molecule has 0 atom stereocenters. The second kappa shape index (κ2) is 5.10. The molecule has 4 heteroatoms. The number of aromatic carboxylic acids is 1. The average molecular weight is 256 g/mol. The molecule has 0 fully saturated rings. The molecule has 0 radical (unpaired) electrons. The summed E-state index contributed by atoms with van der Waals surface area (Å²) >= 11 is 0. The van der Waals surface area contributed by atoms with Crippen molar-refractivity contribution < 1.29 is 9.90 Å². The Balaban J connectivity index is 2.38. The molecule has 2 rings (SSSR count). The zero-order valence-electron chi connectivity index (χ0n) is 11.2. The lowest BCUT2D eigenvalue weighted by Gasteiger charge is -2.11. The molecule has 0 aliphatic rings. The molecule has 0 saturated heterocycles. The van der Waals surface area contributed by atoms with Crippen LogP contribution in [0, 0.1) is 20.8 Å². The molecule has 0 unspecified atom stereocenters. The fourth-order valence-corrected chi connectivity index (χ4v) is 1.86. The lowest BCUT2D eigenvalue weighted by atomic mass is 10.1. The van der Waals surface area contributed by atoms with Crippen LogP contribution in [-0.2, 0) is 0 Å². The van der Waals surface area contributed by atoms with Crippen molar-refractivity contribution in [3.8, 4) is 0 Å².